The monoisotopic (exact) mass is 491 g/mol. The van der Waals surface area contributed by atoms with Crippen molar-refractivity contribution in [3.05, 3.63) is 95.1 Å². The SMILES string of the molecule is CC(C)C(=O)Nc1ccc(CNC(=O)c2cccc(S(=O)(=O)N3CCc4ccccc4C3)c2)cc1. The van der Waals surface area contributed by atoms with Gasteiger partial charge in [0.05, 0.1) is 4.90 Å². The van der Waals surface area contributed by atoms with Gasteiger partial charge in [0.15, 0.2) is 0 Å². The molecule has 4 rings (SSSR count). The molecule has 3 aromatic rings. The molecule has 0 unspecified atom stereocenters. The van der Waals surface area contributed by atoms with E-state index in [0.717, 1.165) is 11.1 Å². The lowest BCUT2D eigenvalue weighted by atomic mass is 10.0. The van der Waals surface area contributed by atoms with E-state index in [1.165, 1.54) is 22.0 Å². The van der Waals surface area contributed by atoms with Crippen LogP contribution in [0.3, 0.4) is 0 Å². The van der Waals surface area contributed by atoms with Crippen LogP contribution >= 0.6 is 0 Å². The second-order valence-corrected chi connectivity index (χ2v) is 10.8. The molecule has 0 atom stereocenters. The molecule has 1 aliphatic rings. The first-order valence-corrected chi connectivity index (χ1v) is 13.0. The van der Waals surface area contributed by atoms with Crippen LogP contribution < -0.4 is 10.6 Å². The number of rotatable bonds is 7. The maximum Gasteiger partial charge on any atom is 0.251 e. The molecule has 0 fully saturated rings. The number of hydrogen-bond donors (Lipinski definition) is 2. The van der Waals surface area contributed by atoms with Gasteiger partial charge in [-0.1, -0.05) is 56.3 Å². The molecule has 0 aliphatic carbocycles. The number of nitrogens with zero attached hydrogens (tertiary/aromatic N) is 1. The average molecular weight is 492 g/mol. The Labute approximate surface area is 206 Å². The van der Waals surface area contributed by atoms with Crippen molar-refractivity contribution in [1.82, 2.24) is 9.62 Å². The van der Waals surface area contributed by atoms with Crippen molar-refractivity contribution in [2.75, 3.05) is 11.9 Å². The van der Waals surface area contributed by atoms with Crippen molar-refractivity contribution >= 4 is 27.5 Å². The van der Waals surface area contributed by atoms with E-state index in [2.05, 4.69) is 10.6 Å². The van der Waals surface area contributed by atoms with Gasteiger partial charge in [-0.15, -0.1) is 0 Å². The van der Waals surface area contributed by atoms with E-state index in [9.17, 15) is 18.0 Å². The predicted octanol–water partition coefficient (Wildman–Crippen LogP) is 3.96. The highest BCUT2D eigenvalue weighted by Gasteiger charge is 2.28. The Hall–Kier alpha value is -3.49. The fourth-order valence-electron chi connectivity index (χ4n) is 3.90. The van der Waals surface area contributed by atoms with Crippen molar-refractivity contribution < 1.29 is 18.0 Å². The number of benzene rings is 3. The molecule has 35 heavy (non-hydrogen) atoms. The van der Waals surface area contributed by atoms with Gasteiger partial charge in [-0.2, -0.15) is 4.31 Å². The summed E-state index contributed by atoms with van der Waals surface area (Å²) in [7, 11) is -3.73. The van der Waals surface area contributed by atoms with E-state index in [0.29, 0.717) is 25.2 Å². The summed E-state index contributed by atoms with van der Waals surface area (Å²) in [5.41, 5.74) is 4.01. The van der Waals surface area contributed by atoms with Gasteiger partial charge in [0.2, 0.25) is 15.9 Å². The van der Waals surface area contributed by atoms with Crippen molar-refractivity contribution in [2.45, 2.75) is 38.3 Å². The molecular formula is C27H29N3O4S. The third kappa shape index (κ3) is 5.78. The molecular weight excluding hydrogens is 462 g/mol. The predicted molar refractivity (Wildman–Crippen MR) is 135 cm³/mol. The number of anilines is 1. The van der Waals surface area contributed by atoms with Gasteiger partial charge < -0.3 is 10.6 Å². The molecule has 2 amide bonds. The number of carbonyl (C=O) groups excluding carboxylic acids is 2. The van der Waals surface area contributed by atoms with Crippen LogP contribution in [-0.2, 0) is 34.3 Å². The van der Waals surface area contributed by atoms with Crippen molar-refractivity contribution in [3.63, 3.8) is 0 Å². The molecule has 182 valence electrons. The maximum atomic E-state index is 13.3. The van der Waals surface area contributed by atoms with E-state index >= 15 is 0 Å². The molecule has 0 saturated heterocycles. The summed E-state index contributed by atoms with van der Waals surface area (Å²) in [6.07, 6.45) is 0.662. The second kappa shape index (κ2) is 10.4. The molecule has 0 radical (unpaired) electrons. The summed E-state index contributed by atoms with van der Waals surface area (Å²) in [5.74, 6) is -0.530. The third-order valence-corrected chi connectivity index (χ3v) is 7.87. The topological polar surface area (TPSA) is 95.6 Å². The quantitative estimate of drug-likeness (QED) is 0.523. The van der Waals surface area contributed by atoms with Crippen molar-refractivity contribution in [1.29, 1.82) is 0 Å². The molecule has 0 spiro atoms. The zero-order valence-corrected chi connectivity index (χ0v) is 20.6. The fourth-order valence-corrected chi connectivity index (χ4v) is 5.36. The Kier molecular flexibility index (Phi) is 7.33. The largest absolute Gasteiger partial charge is 0.348 e. The van der Waals surface area contributed by atoms with Gasteiger partial charge in [0.25, 0.3) is 5.91 Å². The Morgan fingerprint density at radius 2 is 1.66 bits per heavy atom. The Balaban J connectivity index is 1.40. The summed E-state index contributed by atoms with van der Waals surface area (Å²) in [6, 6.07) is 21.2. The lowest BCUT2D eigenvalue weighted by Gasteiger charge is -2.28. The average Bonchev–Trinajstić information content (AvgIpc) is 2.87. The zero-order chi connectivity index (χ0) is 25.0. The van der Waals surface area contributed by atoms with Crippen LogP contribution in [0.15, 0.2) is 77.7 Å². The third-order valence-electron chi connectivity index (χ3n) is 6.03. The summed E-state index contributed by atoms with van der Waals surface area (Å²) in [5, 5.41) is 5.66. The summed E-state index contributed by atoms with van der Waals surface area (Å²) < 4.78 is 28.0. The number of sulfonamides is 1. The minimum absolute atomic E-state index is 0.0605. The minimum Gasteiger partial charge on any atom is -0.348 e. The van der Waals surface area contributed by atoms with E-state index in [1.54, 1.807) is 24.3 Å². The first-order valence-electron chi connectivity index (χ1n) is 11.6. The van der Waals surface area contributed by atoms with Gasteiger partial charge >= 0.3 is 0 Å². The van der Waals surface area contributed by atoms with Gasteiger partial charge in [-0.3, -0.25) is 9.59 Å². The van der Waals surface area contributed by atoms with Crippen LogP contribution in [0.2, 0.25) is 0 Å². The summed E-state index contributed by atoms with van der Waals surface area (Å²) in [4.78, 5) is 24.7. The molecule has 3 aromatic carbocycles. The smallest absolute Gasteiger partial charge is 0.251 e. The van der Waals surface area contributed by atoms with Gasteiger partial charge in [0, 0.05) is 36.8 Å². The molecule has 0 bridgehead atoms. The standard InChI is InChI=1S/C27H29N3O4S/c1-19(2)26(31)29-24-12-10-20(11-13-24)17-28-27(32)22-8-5-9-25(16-22)35(33,34)30-15-14-21-6-3-4-7-23(21)18-30/h3-13,16,19H,14-15,17-18H2,1-2H3,(H,28,32)(H,29,31). The van der Waals surface area contributed by atoms with Crippen LogP contribution in [0.1, 0.15) is 40.9 Å². The van der Waals surface area contributed by atoms with Gasteiger partial charge in [-0.05, 0) is 53.4 Å². The molecule has 7 nitrogen and oxygen atoms in total. The van der Waals surface area contributed by atoms with Crippen LogP contribution in [0, 0.1) is 5.92 Å². The normalized spacial score (nSPS) is 13.8. The molecule has 1 aliphatic heterocycles. The molecule has 0 aromatic heterocycles. The maximum absolute atomic E-state index is 13.3. The highest BCUT2D eigenvalue weighted by molar-refractivity contribution is 7.89. The summed E-state index contributed by atoms with van der Waals surface area (Å²) in [6.45, 7) is 4.65. The first-order chi connectivity index (χ1) is 16.7. The number of carbonyl (C=O) groups is 2. The number of fused-ring (bicyclic) bond motifs is 1. The van der Waals surface area contributed by atoms with Crippen LogP contribution in [0.5, 0.6) is 0 Å². The van der Waals surface area contributed by atoms with E-state index in [4.69, 9.17) is 0 Å². The minimum atomic E-state index is -3.73. The highest BCUT2D eigenvalue weighted by atomic mass is 32.2. The lowest BCUT2D eigenvalue weighted by Crippen LogP contribution is -2.36. The van der Waals surface area contributed by atoms with Crippen LogP contribution in [-0.4, -0.2) is 31.1 Å². The Bertz CT molecular complexity index is 1330. The van der Waals surface area contributed by atoms with E-state index in [1.807, 2.05) is 50.2 Å². The lowest BCUT2D eigenvalue weighted by molar-refractivity contribution is -0.118. The number of amides is 2. The van der Waals surface area contributed by atoms with Gasteiger partial charge in [0.1, 0.15) is 0 Å². The van der Waals surface area contributed by atoms with Crippen LogP contribution in [0.4, 0.5) is 5.69 Å². The van der Waals surface area contributed by atoms with Crippen LogP contribution in [0.25, 0.3) is 0 Å². The molecule has 2 N–H and O–H groups in total. The Morgan fingerprint density at radius 3 is 2.37 bits per heavy atom. The zero-order valence-electron chi connectivity index (χ0n) is 19.8. The summed E-state index contributed by atoms with van der Waals surface area (Å²) >= 11 is 0. The van der Waals surface area contributed by atoms with Crippen molar-refractivity contribution in [2.24, 2.45) is 5.92 Å². The first kappa shape index (κ1) is 24.6. The molecule has 8 heteroatoms. The second-order valence-electron chi connectivity index (χ2n) is 8.91. The van der Waals surface area contributed by atoms with E-state index < -0.39 is 10.0 Å². The van der Waals surface area contributed by atoms with E-state index in [-0.39, 0.29) is 34.7 Å². The highest BCUT2D eigenvalue weighted by Crippen LogP contribution is 2.25. The van der Waals surface area contributed by atoms with Gasteiger partial charge in [-0.25, -0.2) is 8.42 Å². The van der Waals surface area contributed by atoms with Crippen molar-refractivity contribution in [3.8, 4) is 0 Å². The molecule has 1 heterocycles. The molecule has 0 saturated carbocycles. The number of nitrogens with one attached hydrogen (secondary N) is 2. The Morgan fingerprint density at radius 1 is 0.943 bits per heavy atom. The number of hydrogen-bond acceptors (Lipinski definition) is 4. The fraction of sp³-hybridized carbons (Fsp3) is 0.259.